The number of morpholine rings is 1. The molecule has 1 aliphatic rings. The maximum atomic E-state index is 12.6. The van der Waals surface area contributed by atoms with Gasteiger partial charge in [0.2, 0.25) is 5.91 Å². The molecule has 7 heteroatoms. The number of carbonyl (C=O) groups is 2. The number of aliphatic carboxylic acids is 1. The van der Waals surface area contributed by atoms with Crippen molar-refractivity contribution in [1.29, 1.82) is 0 Å². The number of rotatable bonds is 6. The van der Waals surface area contributed by atoms with Crippen LogP contribution in [0.5, 0.6) is 0 Å². The van der Waals surface area contributed by atoms with Gasteiger partial charge in [0.25, 0.3) is 0 Å². The van der Waals surface area contributed by atoms with E-state index in [-0.39, 0.29) is 18.6 Å². The quantitative estimate of drug-likeness (QED) is 0.786. The summed E-state index contributed by atoms with van der Waals surface area (Å²) in [5, 5.41) is 8.81. The lowest BCUT2D eigenvalue weighted by Gasteiger charge is -2.34. The van der Waals surface area contributed by atoms with E-state index in [0.29, 0.717) is 32.7 Å². The molecule has 0 saturated carbocycles. The van der Waals surface area contributed by atoms with Crippen LogP contribution >= 0.6 is 15.9 Å². The van der Waals surface area contributed by atoms with Crippen LogP contribution in [0, 0.1) is 6.92 Å². The molecule has 0 spiro atoms. The molecule has 1 atom stereocenters. The molecule has 1 amide bonds. The molecular weight excluding hydrogens is 376 g/mol. The number of hydrogen-bond acceptors (Lipinski definition) is 4. The van der Waals surface area contributed by atoms with Crippen LogP contribution in [0.2, 0.25) is 0 Å². The van der Waals surface area contributed by atoms with Crippen molar-refractivity contribution >= 4 is 27.8 Å². The highest BCUT2D eigenvalue weighted by Gasteiger charge is 2.25. The van der Waals surface area contributed by atoms with Gasteiger partial charge in [0, 0.05) is 24.1 Å². The smallest absolute Gasteiger partial charge is 0.317 e. The lowest BCUT2D eigenvalue weighted by atomic mass is 10.0. The van der Waals surface area contributed by atoms with Gasteiger partial charge in [0.15, 0.2) is 0 Å². The van der Waals surface area contributed by atoms with E-state index >= 15 is 0 Å². The predicted octanol–water partition coefficient (Wildman–Crippen LogP) is 1.54. The van der Waals surface area contributed by atoms with Gasteiger partial charge in [-0.15, -0.1) is 0 Å². The second-order valence-electron chi connectivity index (χ2n) is 6.17. The Kier molecular flexibility index (Phi) is 6.77. The van der Waals surface area contributed by atoms with Gasteiger partial charge in [-0.1, -0.05) is 22.0 Å². The second kappa shape index (κ2) is 8.60. The van der Waals surface area contributed by atoms with Crippen molar-refractivity contribution < 1.29 is 19.4 Å². The minimum absolute atomic E-state index is 0.0358. The van der Waals surface area contributed by atoms with Gasteiger partial charge in [0.1, 0.15) is 0 Å². The van der Waals surface area contributed by atoms with Crippen molar-refractivity contribution in [2.24, 2.45) is 0 Å². The normalized spacial score (nSPS) is 18.0. The third-order valence-corrected chi connectivity index (χ3v) is 4.55. The standard InChI is InChI=1S/C17H23BrN2O4/c1-12-7-14(18)4-3-13(12)8-16(21)20-5-6-24-15(10-20)9-19(2)11-17(22)23/h3-4,7,15H,5-6,8-11H2,1-2H3,(H,22,23). The van der Waals surface area contributed by atoms with Crippen LogP contribution < -0.4 is 0 Å². The Morgan fingerprint density at radius 1 is 1.46 bits per heavy atom. The zero-order valence-electron chi connectivity index (χ0n) is 14.0. The van der Waals surface area contributed by atoms with Crippen LogP contribution in [-0.2, 0) is 20.7 Å². The number of hydrogen-bond donors (Lipinski definition) is 1. The topological polar surface area (TPSA) is 70.1 Å². The van der Waals surface area contributed by atoms with E-state index in [1.54, 1.807) is 11.9 Å². The highest BCUT2D eigenvalue weighted by molar-refractivity contribution is 9.10. The summed E-state index contributed by atoms with van der Waals surface area (Å²) in [6.07, 6.45) is 0.217. The first-order valence-electron chi connectivity index (χ1n) is 7.90. The number of likely N-dealkylation sites (N-methyl/N-ethyl adjacent to an activating group) is 1. The molecule has 0 aromatic heterocycles. The van der Waals surface area contributed by atoms with Crippen molar-refractivity contribution in [2.45, 2.75) is 19.4 Å². The number of carbonyl (C=O) groups excluding carboxylic acids is 1. The largest absolute Gasteiger partial charge is 0.480 e. The summed E-state index contributed by atoms with van der Waals surface area (Å²) in [6, 6.07) is 5.92. The fourth-order valence-electron chi connectivity index (χ4n) is 2.83. The maximum Gasteiger partial charge on any atom is 0.317 e. The molecule has 2 rings (SSSR count). The minimum atomic E-state index is -0.869. The Morgan fingerprint density at radius 2 is 2.21 bits per heavy atom. The minimum Gasteiger partial charge on any atom is -0.480 e. The van der Waals surface area contributed by atoms with Crippen LogP contribution in [0.15, 0.2) is 22.7 Å². The van der Waals surface area contributed by atoms with Gasteiger partial charge in [-0.2, -0.15) is 0 Å². The number of halogens is 1. The fourth-order valence-corrected chi connectivity index (χ4v) is 3.31. The zero-order chi connectivity index (χ0) is 17.7. The summed E-state index contributed by atoms with van der Waals surface area (Å²) in [5.74, 6) is -0.790. The third-order valence-electron chi connectivity index (χ3n) is 4.06. The van der Waals surface area contributed by atoms with Crippen LogP contribution in [0.3, 0.4) is 0 Å². The molecule has 1 saturated heterocycles. The number of ether oxygens (including phenoxy) is 1. The number of benzene rings is 1. The molecule has 24 heavy (non-hydrogen) atoms. The van der Waals surface area contributed by atoms with Gasteiger partial charge < -0.3 is 14.7 Å². The highest BCUT2D eigenvalue weighted by atomic mass is 79.9. The summed E-state index contributed by atoms with van der Waals surface area (Å²) in [7, 11) is 1.74. The van der Waals surface area contributed by atoms with E-state index in [1.165, 1.54) is 0 Å². The summed E-state index contributed by atoms with van der Waals surface area (Å²) in [6.45, 7) is 4.01. The molecule has 1 N–H and O–H groups in total. The molecule has 1 heterocycles. The van der Waals surface area contributed by atoms with Gasteiger partial charge in [-0.05, 0) is 37.2 Å². The van der Waals surface area contributed by atoms with E-state index < -0.39 is 5.97 Å². The molecule has 1 aromatic carbocycles. The molecule has 1 unspecified atom stereocenters. The molecule has 1 aromatic rings. The van der Waals surface area contributed by atoms with Crippen molar-refractivity contribution in [1.82, 2.24) is 9.80 Å². The van der Waals surface area contributed by atoms with Crippen molar-refractivity contribution in [2.75, 3.05) is 39.8 Å². The van der Waals surface area contributed by atoms with Crippen LogP contribution in [0.1, 0.15) is 11.1 Å². The van der Waals surface area contributed by atoms with E-state index in [1.807, 2.05) is 30.0 Å². The number of amides is 1. The Balaban J connectivity index is 1.91. The summed E-state index contributed by atoms with van der Waals surface area (Å²) in [4.78, 5) is 26.8. The summed E-state index contributed by atoms with van der Waals surface area (Å²) < 4.78 is 6.67. The van der Waals surface area contributed by atoms with Gasteiger partial charge in [-0.3, -0.25) is 14.5 Å². The SMILES string of the molecule is Cc1cc(Br)ccc1CC(=O)N1CCOC(CN(C)CC(=O)O)C1. The number of aryl methyl sites for hydroxylation is 1. The average Bonchev–Trinajstić information content (AvgIpc) is 2.49. The average molecular weight is 399 g/mol. The van der Waals surface area contributed by atoms with Crippen LogP contribution in [0.4, 0.5) is 0 Å². The first-order valence-corrected chi connectivity index (χ1v) is 8.69. The van der Waals surface area contributed by atoms with Crippen molar-refractivity contribution in [3.05, 3.63) is 33.8 Å². The third kappa shape index (κ3) is 5.58. The zero-order valence-corrected chi connectivity index (χ0v) is 15.6. The number of carboxylic acids is 1. The Bertz CT molecular complexity index is 608. The Morgan fingerprint density at radius 3 is 2.88 bits per heavy atom. The van der Waals surface area contributed by atoms with Crippen LogP contribution in [0.25, 0.3) is 0 Å². The predicted molar refractivity (Wildman–Crippen MR) is 94.0 cm³/mol. The molecule has 1 fully saturated rings. The molecule has 132 valence electrons. The first-order chi connectivity index (χ1) is 11.3. The molecule has 6 nitrogen and oxygen atoms in total. The maximum absolute atomic E-state index is 12.6. The summed E-state index contributed by atoms with van der Waals surface area (Å²) in [5.41, 5.74) is 2.11. The van der Waals surface area contributed by atoms with Crippen molar-refractivity contribution in [3.8, 4) is 0 Å². The van der Waals surface area contributed by atoms with Gasteiger partial charge in [0.05, 0.1) is 25.7 Å². The van der Waals surface area contributed by atoms with E-state index in [0.717, 1.165) is 15.6 Å². The second-order valence-corrected chi connectivity index (χ2v) is 7.09. The van der Waals surface area contributed by atoms with E-state index in [9.17, 15) is 9.59 Å². The fraction of sp³-hybridized carbons (Fsp3) is 0.529. The van der Waals surface area contributed by atoms with Gasteiger partial charge >= 0.3 is 5.97 Å². The monoisotopic (exact) mass is 398 g/mol. The van der Waals surface area contributed by atoms with Crippen LogP contribution in [-0.4, -0.2) is 72.7 Å². The number of carboxylic acid groups (broad SMARTS) is 1. The Hall–Kier alpha value is -1.44. The lowest BCUT2D eigenvalue weighted by molar-refractivity contribution is -0.142. The van der Waals surface area contributed by atoms with E-state index in [2.05, 4.69) is 15.9 Å². The lowest BCUT2D eigenvalue weighted by Crippen LogP contribution is -2.50. The number of nitrogens with zero attached hydrogens (tertiary/aromatic N) is 2. The molecular formula is C17H23BrN2O4. The first kappa shape index (κ1) is 18.9. The highest BCUT2D eigenvalue weighted by Crippen LogP contribution is 2.17. The van der Waals surface area contributed by atoms with E-state index in [4.69, 9.17) is 9.84 Å². The summed E-state index contributed by atoms with van der Waals surface area (Å²) >= 11 is 3.43. The molecule has 1 aliphatic heterocycles. The molecule has 0 aliphatic carbocycles. The van der Waals surface area contributed by atoms with Gasteiger partial charge in [-0.25, -0.2) is 0 Å². The Labute approximate surface area is 150 Å². The molecule has 0 radical (unpaired) electrons. The van der Waals surface area contributed by atoms with Crippen molar-refractivity contribution in [3.63, 3.8) is 0 Å². The molecule has 0 bridgehead atoms.